The largest absolute Gasteiger partial charge is 0.385 e. The molecule has 0 aromatic heterocycles. The van der Waals surface area contributed by atoms with Crippen molar-refractivity contribution < 1.29 is 4.74 Å². The van der Waals surface area contributed by atoms with Crippen LogP contribution in [0.5, 0.6) is 0 Å². The minimum Gasteiger partial charge on any atom is -0.385 e. The number of hydrogen-bond donors (Lipinski definition) is 2. The Hall–Kier alpha value is -0.120. The molecule has 0 saturated carbocycles. The molecule has 0 amide bonds. The predicted octanol–water partition coefficient (Wildman–Crippen LogP) is 1.77. The highest BCUT2D eigenvalue weighted by molar-refractivity contribution is 4.72. The van der Waals surface area contributed by atoms with Crippen LogP contribution in [0, 0.1) is 5.41 Å². The first-order valence-electron chi connectivity index (χ1n) is 5.97. The van der Waals surface area contributed by atoms with E-state index in [-0.39, 0.29) is 0 Å². The second-order valence-electron chi connectivity index (χ2n) is 5.04. The molecule has 15 heavy (non-hydrogen) atoms. The van der Waals surface area contributed by atoms with E-state index in [4.69, 9.17) is 10.5 Å². The summed E-state index contributed by atoms with van der Waals surface area (Å²) in [7, 11) is 1.75. The van der Waals surface area contributed by atoms with Gasteiger partial charge < -0.3 is 15.8 Å². The smallest absolute Gasteiger partial charge is 0.0467 e. The van der Waals surface area contributed by atoms with E-state index in [0.29, 0.717) is 11.5 Å². The summed E-state index contributed by atoms with van der Waals surface area (Å²) in [6, 6.07) is 0.347. The first-order valence-corrected chi connectivity index (χ1v) is 5.97. The van der Waals surface area contributed by atoms with Crippen molar-refractivity contribution in [2.24, 2.45) is 11.1 Å². The highest BCUT2D eigenvalue weighted by Gasteiger charge is 2.16. The van der Waals surface area contributed by atoms with E-state index in [1.807, 2.05) is 0 Å². The predicted molar refractivity (Wildman–Crippen MR) is 66.0 cm³/mol. The fraction of sp³-hybridized carbons (Fsp3) is 1.00. The third-order valence-electron chi connectivity index (χ3n) is 2.80. The Kier molecular flexibility index (Phi) is 8.02. The monoisotopic (exact) mass is 216 g/mol. The lowest BCUT2D eigenvalue weighted by Crippen LogP contribution is -2.33. The van der Waals surface area contributed by atoms with E-state index in [9.17, 15) is 0 Å². The van der Waals surface area contributed by atoms with Gasteiger partial charge in [-0.2, -0.15) is 0 Å². The first-order chi connectivity index (χ1) is 7.02. The Morgan fingerprint density at radius 3 is 2.60 bits per heavy atom. The Morgan fingerprint density at radius 2 is 2.07 bits per heavy atom. The molecule has 0 saturated heterocycles. The Labute approximate surface area is 94.8 Å². The first kappa shape index (κ1) is 14.9. The zero-order valence-corrected chi connectivity index (χ0v) is 10.8. The van der Waals surface area contributed by atoms with Crippen LogP contribution in [0.2, 0.25) is 0 Å². The van der Waals surface area contributed by atoms with Crippen molar-refractivity contribution in [3.8, 4) is 0 Å². The number of rotatable bonds is 9. The van der Waals surface area contributed by atoms with E-state index in [1.165, 1.54) is 0 Å². The van der Waals surface area contributed by atoms with Gasteiger partial charge in [-0.1, -0.05) is 20.8 Å². The lowest BCUT2D eigenvalue weighted by atomic mass is 9.89. The van der Waals surface area contributed by atoms with Gasteiger partial charge in [0.05, 0.1) is 0 Å². The second kappa shape index (κ2) is 8.08. The molecule has 3 heteroatoms. The van der Waals surface area contributed by atoms with Gasteiger partial charge in [0.1, 0.15) is 0 Å². The van der Waals surface area contributed by atoms with Crippen LogP contribution in [0.15, 0.2) is 0 Å². The van der Waals surface area contributed by atoms with Crippen LogP contribution in [-0.4, -0.2) is 32.8 Å². The van der Waals surface area contributed by atoms with Crippen molar-refractivity contribution in [2.75, 3.05) is 26.8 Å². The number of hydrogen-bond acceptors (Lipinski definition) is 3. The molecule has 0 rings (SSSR count). The van der Waals surface area contributed by atoms with Gasteiger partial charge in [0.2, 0.25) is 0 Å². The standard InChI is InChI=1S/C12H28N2O/c1-5-11(13)6-8-14-10-12(2,3)7-9-15-4/h11,14H,5-10,13H2,1-4H3. The summed E-state index contributed by atoms with van der Waals surface area (Å²) in [5, 5.41) is 3.46. The van der Waals surface area contributed by atoms with Gasteiger partial charge in [0.25, 0.3) is 0 Å². The molecule has 0 radical (unpaired) electrons. The van der Waals surface area contributed by atoms with E-state index in [1.54, 1.807) is 7.11 Å². The summed E-state index contributed by atoms with van der Waals surface area (Å²) >= 11 is 0. The van der Waals surface area contributed by atoms with E-state index in [0.717, 1.165) is 39.0 Å². The molecule has 3 N–H and O–H groups in total. The number of nitrogens with one attached hydrogen (secondary N) is 1. The topological polar surface area (TPSA) is 47.3 Å². The third kappa shape index (κ3) is 8.85. The van der Waals surface area contributed by atoms with Crippen molar-refractivity contribution >= 4 is 0 Å². The molecule has 1 atom stereocenters. The van der Waals surface area contributed by atoms with E-state index < -0.39 is 0 Å². The summed E-state index contributed by atoms with van der Waals surface area (Å²) in [6.07, 6.45) is 3.22. The van der Waals surface area contributed by atoms with Crippen LogP contribution in [0.4, 0.5) is 0 Å². The number of ether oxygens (including phenoxy) is 1. The summed E-state index contributed by atoms with van der Waals surface area (Å²) in [4.78, 5) is 0. The fourth-order valence-electron chi connectivity index (χ4n) is 1.39. The van der Waals surface area contributed by atoms with Crippen molar-refractivity contribution in [3.05, 3.63) is 0 Å². The average molecular weight is 216 g/mol. The molecule has 0 aliphatic heterocycles. The van der Waals surface area contributed by atoms with Crippen LogP contribution < -0.4 is 11.1 Å². The van der Waals surface area contributed by atoms with Crippen molar-refractivity contribution in [3.63, 3.8) is 0 Å². The SMILES string of the molecule is CCC(N)CCNCC(C)(C)CCOC. The molecule has 0 bridgehead atoms. The molecule has 0 spiro atoms. The molecule has 0 aromatic rings. The molecular weight excluding hydrogens is 188 g/mol. The number of nitrogens with two attached hydrogens (primary N) is 1. The van der Waals surface area contributed by atoms with Gasteiger partial charge >= 0.3 is 0 Å². The van der Waals surface area contributed by atoms with Crippen molar-refractivity contribution in [1.29, 1.82) is 0 Å². The van der Waals surface area contributed by atoms with Crippen molar-refractivity contribution in [1.82, 2.24) is 5.32 Å². The fourth-order valence-corrected chi connectivity index (χ4v) is 1.39. The van der Waals surface area contributed by atoms with Gasteiger partial charge in [-0.25, -0.2) is 0 Å². The average Bonchev–Trinajstić information content (AvgIpc) is 2.21. The Morgan fingerprint density at radius 1 is 1.40 bits per heavy atom. The van der Waals surface area contributed by atoms with Crippen LogP contribution >= 0.6 is 0 Å². The van der Waals surface area contributed by atoms with Gasteiger partial charge in [-0.3, -0.25) is 0 Å². The van der Waals surface area contributed by atoms with Gasteiger partial charge in [0.15, 0.2) is 0 Å². The Bertz CT molecular complexity index is 149. The van der Waals surface area contributed by atoms with Crippen molar-refractivity contribution in [2.45, 2.75) is 46.1 Å². The van der Waals surface area contributed by atoms with Gasteiger partial charge in [-0.05, 0) is 31.2 Å². The van der Waals surface area contributed by atoms with Crippen LogP contribution in [0.3, 0.4) is 0 Å². The van der Waals surface area contributed by atoms with E-state index in [2.05, 4.69) is 26.1 Å². The molecule has 0 heterocycles. The molecule has 0 aliphatic rings. The summed E-state index contributed by atoms with van der Waals surface area (Å²) < 4.78 is 5.09. The quantitative estimate of drug-likeness (QED) is 0.577. The summed E-state index contributed by atoms with van der Waals surface area (Å²) in [5.74, 6) is 0. The van der Waals surface area contributed by atoms with Crippen LogP contribution in [0.25, 0.3) is 0 Å². The molecular formula is C12H28N2O. The van der Waals surface area contributed by atoms with Gasteiger partial charge in [0, 0.05) is 26.3 Å². The second-order valence-corrected chi connectivity index (χ2v) is 5.04. The molecule has 1 unspecified atom stereocenters. The molecule has 3 nitrogen and oxygen atoms in total. The normalized spacial score (nSPS) is 14.2. The van der Waals surface area contributed by atoms with Gasteiger partial charge in [-0.15, -0.1) is 0 Å². The van der Waals surface area contributed by atoms with E-state index >= 15 is 0 Å². The summed E-state index contributed by atoms with van der Waals surface area (Å²) in [5.41, 5.74) is 6.15. The third-order valence-corrected chi connectivity index (χ3v) is 2.80. The maximum absolute atomic E-state index is 5.84. The molecule has 92 valence electrons. The summed E-state index contributed by atoms with van der Waals surface area (Å²) in [6.45, 7) is 9.55. The maximum atomic E-state index is 5.84. The molecule has 0 fully saturated rings. The molecule has 0 aromatic carbocycles. The van der Waals surface area contributed by atoms with Crippen LogP contribution in [-0.2, 0) is 4.74 Å². The minimum absolute atomic E-state index is 0.312. The van der Waals surface area contributed by atoms with Crippen LogP contribution in [0.1, 0.15) is 40.0 Å². The lowest BCUT2D eigenvalue weighted by molar-refractivity contribution is 0.151. The minimum atomic E-state index is 0.312. The lowest BCUT2D eigenvalue weighted by Gasteiger charge is -2.25. The highest BCUT2D eigenvalue weighted by Crippen LogP contribution is 2.18. The Balaban J connectivity index is 3.48. The number of methoxy groups -OCH3 is 1. The highest BCUT2D eigenvalue weighted by atomic mass is 16.5. The molecule has 0 aliphatic carbocycles. The zero-order chi connectivity index (χ0) is 11.7. The zero-order valence-electron chi connectivity index (χ0n) is 10.8. The maximum Gasteiger partial charge on any atom is 0.0467 e.